The molecular formula is C24H16BrCl2NO7. The van der Waals surface area contributed by atoms with Gasteiger partial charge in [0.15, 0.2) is 0 Å². The maximum atomic E-state index is 13.1. The first-order valence-electron chi connectivity index (χ1n) is 9.86. The quantitative estimate of drug-likeness (QED) is 0.350. The Labute approximate surface area is 217 Å². The zero-order valence-corrected chi connectivity index (χ0v) is 20.7. The average molecular weight is 581 g/mol. The van der Waals surface area contributed by atoms with Crippen molar-refractivity contribution in [2.24, 2.45) is 0 Å². The molecule has 0 aliphatic heterocycles. The SMILES string of the molecule is O=C(O[C@@H](C(=O)O)[C@@H](OC(=O)c1ccc(Cl)cc1)C(=O)Nc1cccc(Br)c1)c1ccc(Cl)cc1. The lowest BCUT2D eigenvalue weighted by Crippen LogP contribution is -2.48. The third-order valence-electron chi connectivity index (χ3n) is 4.50. The molecule has 0 saturated heterocycles. The highest BCUT2D eigenvalue weighted by Gasteiger charge is 2.41. The number of ether oxygens (including phenoxy) is 2. The first kappa shape index (κ1) is 26.2. The van der Waals surface area contributed by atoms with Gasteiger partial charge in [-0.25, -0.2) is 14.4 Å². The second-order valence-electron chi connectivity index (χ2n) is 7.00. The summed E-state index contributed by atoms with van der Waals surface area (Å²) in [5.74, 6) is -4.81. The average Bonchev–Trinajstić information content (AvgIpc) is 2.81. The van der Waals surface area contributed by atoms with Crippen LogP contribution in [0.3, 0.4) is 0 Å². The van der Waals surface area contributed by atoms with Crippen LogP contribution in [0.25, 0.3) is 0 Å². The lowest BCUT2D eigenvalue weighted by atomic mass is 10.1. The van der Waals surface area contributed by atoms with Crippen molar-refractivity contribution in [2.75, 3.05) is 5.32 Å². The Kier molecular flexibility index (Phi) is 8.86. The first-order chi connectivity index (χ1) is 16.6. The minimum absolute atomic E-state index is 0.00261. The van der Waals surface area contributed by atoms with Crippen LogP contribution < -0.4 is 5.32 Å². The van der Waals surface area contributed by atoms with Crippen molar-refractivity contribution in [3.63, 3.8) is 0 Å². The van der Waals surface area contributed by atoms with Crippen molar-refractivity contribution in [2.45, 2.75) is 12.2 Å². The van der Waals surface area contributed by atoms with Gasteiger partial charge in [0.1, 0.15) is 0 Å². The number of amides is 1. The highest BCUT2D eigenvalue weighted by Crippen LogP contribution is 2.20. The number of benzene rings is 3. The molecule has 3 aromatic carbocycles. The maximum absolute atomic E-state index is 13.1. The van der Waals surface area contributed by atoms with Crippen molar-refractivity contribution in [1.82, 2.24) is 0 Å². The van der Waals surface area contributed by atoms with Crippen molar-refractivity contribution < 1.29 is 33.8 Å². The number of aliphatic carboxylic acids is 1. The normalized spacial score (nSPS) is 12.2. The highest BCUT2D eigenvalue weighted by atomic mass is 79.9. The molecule has 0 heterocycles. The third kappa shape index (κ3) is 7.29. The number of carboxylic acid groups (broad SMARTS) is 1. The Morgan fingerprint density at radius 1 is 0.771 bits per heavy atom. The predicted octanol–water partition coefficient (Wildman–Crippen LogP) is 5.23. The van der Waals surface area contributed by atoms with Crippen LogP contribution in [0.4, 0.5) is 5.69 Å². The Balaban J connectivity index is 1.90. The molecule has 0 aliphatic carbocycles. The van der Waals surface area contributed by atoms with E-state index in [1.807, 2.05) is 0 Å². The molecule has 2 atom stereocenters. The molecule has 3 rings (SSSR count). The predicted molar refractivity (Wildman–Crippen MR) is 132 cm³/mol. The second-order valence-corrected chi connectivity index (χ2v) is 8.79. The van der Waals surface area contributed by atoms with Crippen LogP contribution in [-0.2, 0) is 19.1 Å². The Morgan fingerprint density at radius 3 is 1.71 bits per heavy atom. The van der Waals surface area contributed by atoms with Gasteiger partial charge >= 0.3 is 17.9 Å². The van der Waals surface area contributed by atoms with Gasteiger partial charge in [-0.3, -0.25) is 4.79 Å². The number of hydrogen-bond acceptors (Lipinski definition) is 6. The van der Waals surface area contributed by atoms with Crippen LogP contribution in [0.2, 0.25) is 10.0 Å². The number of carbonyl (C=O) groups is 4. The fourth-order valence-electron chi connectivity index (χ4n) is 2.81. The van der Waals surface area contributed by atoms with E-state index >= 15 is 0 Å². The number of carboxylic acids is 1. The summed E-state index contributed by atoms with van der Waals surface area (Å²) in [6.45, 7) is 0. The summed E-state index contributed by atoms with van der Waals surface area (Å²) in [5, 5.41) is 12.9. The van der Waals surface area contributed by atoms with Gasteiger partial charge in [0, 0.05) is 20.2 Å². The molecule has 2 N–H and O–H groups in total. The van der Waals surface area contributed by atoms with E-state index in [9.17, 15) is 24.3 Å². The number of rotatable bonds is 8. The molecule has 180 valence electrons. The topological polar surface area (TPSA) is 119 Å². The van der Waals surface area contributed by atoms with Gasteiger partial charge in [-0.05, 0) is 66.7 Å². The number of anilines is 1. The van der Waals surface area contributed by atoms with E-state index in [0.29, 0.717) is 14.5 Å². The summed E-state index contributed by atoms with van der Waals surface area (Å²) >= 11 is 14.9. The first-order valence-corrected chi connectivity index (χ1v) is 11.4. The summed E-state index contributed by atoms with van der Waals surface area (Å²) in [5.41, 5.74) is 0.267. The molecule has 0 unspecified atom stereocenters. The van der Waals surface area contributed by atoms with E-state index in [4.69, 9.17) is 32.7 Å². The van der Waals surface area contributed by atoms with Gasteiger partial charge < -0.3 is 19.9 Å². The Morgan fingerprint density at radius 2 is 1.26 bits per heavy atom. The van der Waals surface area contributed by atoms with E-state index in [1.165, 1.54) is 54.6 Å². The minimum Gasteiger partial charge on any atom is -0.478 e. The molecule has 0 fully saturated rings. The van der Waals surface area contributed by atoms with Gasteiger partial charge in [-0.1, -0.05) is 45.2 Å². The van der Waals surface area contributed by atoms with Gasteiger partial charge in [-0.15, -0.1) is 0 Å². The number of carbonyl (C=O) groups excluding carboxylic acids is 3. The molecule has 0 spiro atoms. The summed E-state index contributed by atoms with van der Waals surface area (Å²) in [7, 11) is 0. The van der Waals surface area contributed by atoms with E-state index in [-0.39, 0.29) is 16.8 Å². The standard InChI is InChI=1S/C24H16BrCl2NO7/c25-15-2-1-3-18(12-15)28-21(29)19(34-23(32)13-4-8-16(26)9-5-13)20(22(30)31)35-24(33)14-6-10-17(27)11-7-14/h1-12,19-20H,(H,28,29)(H,30,31)/t19-,20-/m1/s1. The lowest BCUT2D eigenvalue weighted by Gasteiger charge is -2.23. The number of halogens is 3. The fraction of sp³-hybridized carbons (Fsp3) is 0.0833. The van der Waals surface area contributed by atoms with E-state index < -0.39 is 36.0 Å². The number of esters is 2. The molecule has 0 radical (unpaired) electrons. The second kappa shape index (κ2) is 11.8. The molecule has 8 nitrogen and oxygen atoms in total. The van der Waals surface area contributed by atoms with Crippen LogP contribution in [0, 0.1) is 0 Å². The van der Waals surface area contributed by atoms with Gasteiger partial charge in [-0.2, -0.15) is 0 Å². The minimum atomic E-state index is -2.17. The van der Waals surface area contributed by atoms with Crippen LogP contribution in [-0.4, -0.2) is 41.1 Å². The lowest BCUT2D eigenvalue weighted by molar-refractivity contribution is -0.157. The maximum Gasteiger partial charge on any atom is 0.349 e. The number of hydrogen-bond donors (Lipinski definition) is 2. The molecule has 11 heteroatoms. The van der Waals surface area contributed by atoms with Crippen LogP contribution in [0.1, 0.15) is 20.7 Å². The van der Waals surface area contributed by atoms with Gasteiger partial charge in [0.25, 0.3) is 5.91 Å². The van der Waals surface area contributed by atoms with Gasteiger partial charge in [0.05, 0.1) is 11.1 Å². The molecule has 0 saturated carbocycles. The molecule has 0 bridgehead atoms. The highest BCUT2D eigenvalue weighted by molar-refractivity contribution is 9.10. The molecule has 1 amide bonds. The third-order valence-corrected chi connectivity index (χ3v) is 5.49. The van der Waals surface area contributed by atoms with Crippen LogP contribution >= 0.6 is 39.1 Å². The monoisotopic (exact) mass is 579 g/mol. The molecule has 0 aromatic heterocycles. The zero-order chi connectivity index (χ0) is 25.5. The van der Waals surface area contributed by atoms with E-state index in [1.54, 1.807) is 18.2 Å². The molecule has 0 aliphatic rings. The van der Waals surface area contributed by atoms with E-state index in [0.717, 1.165) is 0 Å². The Hall–Kier alpha value is -3.40. The molecular weight excluding hydrogens is 565 g/mol. The number of nitrogens with one attached hydrogen (secondary N) is 1. The van der Waals surface area contributed by atoms with Crippen LogP contribution in [0.5, 0.6) is 0 Å². The zero-order valence-electron chi connectivity index (χ0n) is 17.6. The largest absolute Gasteiger partial charge is 0.478 e. The van der Waals surface area contributed by atoms with Crippen molar-refractivity contribution in [1.29, 1.82) is 0 Å². The summed E-state index contributed by atoms with van der Waals surface area (Å²) in [4.78, 5) is 50.4. The Bertz CT molecular complexity index is 1250. The van der Waals surface area contributed by atoms with Crippen molar-refractivity contribution in [3.8, 4) is 0 Å². The van der Waals surface area contributed by atoms with E-state index in [2.05, 4.69) is 21.2 Å². The molecule has 35 heavy (non-hydrogen) atoms. The summed E-state index contributed by atoms with van der Waals surface area (Å²) in [6, 6.07) is 17.4. The summed E-state index contributed by atoms with van der Waals surface area (Å²) in [6.07, 6.45) is -4.20. The van der Waals surface area contributed by atoms with Crippen LogP contribution in [0.15, 0.2) is 77.3 Å². The summed E-state index contributed by atoms with van der Waals surface area (Å²) < 4.78 is 11.0. The smallest absolute Gasteiger partial charge is 0.349 e. The van der Waals surface area contributed by atoms with Gasteiger partial charge in [0.2, 0.25) is 12.2 Å². The fourth-order valence-corrected chi connectivity index (χ4v) is 3.46. The van der Waals surface area contributed by atoms with Crippen molar-refractivity contribution in [3.05, 3.63) is 98.4 Å². The molecule has 3 aromatic rings. The van der Waals surface area contributed by atoms with Crippen molar-refractivity contribution >= 4 is 68.6 Å².